The molecule has 0 aromatic rings. The molecule has 0 saturated carbocycles. The summed E-state index contributed by atoms with van der Waals surface area (Å²) >= 11 is 0. The van der Waals surface area contributed by atoms with Crippen molar-refractivity contribution in [2.24, 2.45) is 16.1 Å². The number of aliphatic hydroxyl groups excluding tert-OH is 5. The van der Waals surface area contributed by atoms with E-state index in [9.17, 15) is 56.4 Å². The Bertz CT molecular complexity index is 2070. The molecule has 0 amide bonds. The van der Waals surface area contributed by atoms with Crippen LogP contribution >= 0.6 is 0 Å². The third kappa shape index (κ3) is 19.9. The Balaban J connectivity index is 1.47. The number of carboxylic acids is 2. The molecule has 5 heterocycles. The lowest BCUT2D eigenvalue weighted by Gasteiger charge is -2.51. The number of hydrogen-bond acceptors (Lipinski definition) is 25. The third-order valence-corrected chi connectivity index (χ3v) is 15.9. The van der Waals surface area contributed by atoms with Crippen LogP contribution in [-0.2, 0) is 85.4 Å². The Kier molecular flexibility index (Phi) is 33.5. The van der Waals surface area contributed by atoms with Crippen molar-refractivity contribution in [3.8, 4) is 0 Å². The summed E-state index contributed by atoms with van der Waals surface area (Å²) in [6.45, 7) is 11.7. The number of carboxylic acid groups (broad SMARTS) is 2. The first-order valence-corrected chi connectivity index (χ1v) is 31.0. The van der Waals surface area contributed by atoms with E-state index in [-0.39, 0.29) is 39.6 Å². The molecule has 5 fully saturated rings. The predicted octanol–water partition coefficient (Wildman–Crippen LogP) is 3.77. The van der Waals surface area contributed by atoms with Crippen LogP contribution in [0.5, 0.6) is 0 Å². The second-order valence-electron chi connectivity index (χ2n) is 22.2. The van der Waals surface area contributed by atoms with E-state index in [4.69, 9.17) is 75.8 Å². The Morgan fingerprint density at radius 1 is 0.425 bits per heavy atom. The number of unbranched alkanes of at least 4 members (excludes halogenated alkanes) is 6. The molecule has 7 N–H and O–H groups in total. The minimum Gasteiger partial charge on any atom is -0.479 e. The number of hydrogen-bond donors (Lipinski definition) is 7. The van der Waals surface area contributed by atoms with Crippen molar-refractivity contribution in [2.45, 2.75) is 273 Å². The smallest absolute Gasteiger partial charge is 0.335 e. The van der Waals surface area contributed by atoms with Gasteiger partial charge in [0.15, 0.2) is 43.7 Å². The highest BCUT2D eigenvalue weighted by molar-refractivity contribution is 5.74. The number of carbonyl (C=O) groups is 2. The van der Waals surface area contributed by atoms with Gasteiger partial charge in [0.05, 0.1) is 38.1 Å². The standard InChI is InChI=1S/C56H98N6O25/c1-9-15-21-73-39-32(28-64)81-54(35(60-62-58)41(39)74-22-16-10-2)85-46-44(77-25-19-13-5)49(78-26-20-14-6)56(87-48(46)51(70)71)82-38-31(27-63)79-52(30(7)36(38)66)84-45-43(76-24-18-12-4)37(67)55(86-47(45)50(68)69)83-40-33(29-65)80-53(72-8)34(59-61-57)42(40)75-23-17-11-3/h30-49,52-56,63-67H,9-29H2,1-8H3,(H,68,69)(H,70,71)/t30?,31?,32?,33?,34?,35?,36-,37+,38-,39-,40-,41-,42-,43?,44?,45-,46+,47?,48?,49+,52+,53+,54-,55-,56-/m1/s1. The van der Waals surface area contributed by atoms with Crippen LogP contribution in [-0.4, -0.2) is 262 Å². The van der Waals surface area contributed by atoms with Crippen molar-refractivity contribution in [2.75, 3.05) is 66.6 Å². The molecule has 0 aromatic heterocycles. The second kappa shape index (κ2) is 39.2. The minimum atomic E-state index is -1.99. The fraction of sp³-hybridized carbons (Fsp3) is 0.964. The van der Waals surface area contributed by atoms with Crippen molar-refractivity contribution in [3.63, 3.8) is 0 Å². The zero-order valence-electron chi connectivity index (χ0n) is 51.4. The van der Waals surface area contributed by atoms with Gasteiger partial charge in [-0.25, -0.2) is 9.59 Å². The van der Waals surface area contributed by atoms with Gasteiger partial charge in [0.2, 0.25) is 0 Å². The molecule has 0 aliphatic carbocycles. The van der Waals surface area contributed by atoms with Gasteiger partial charge in [0.25, 0.3) is 0 Å². The number of rotatable bonds is 40. The molecule has 5 saturated heterocycles. The number of aliphatic hydroxyl groups is 5. The predicted molar refractivity (Wildman–Crippen MR) is 301 cm³/mol. The van der Waals surface area contributed by atoms with Crippen LogP contribution < -0.4 is 0 Å². The van der Waals surface area contributed by atoms with Crippen LogP contribution in [0.2, 0.25) is 0 Å². The number of methoxy groups -OCH3 is 1. The summed E-state index contributed by atoms with van der Waals surface area (Å²) in [5.41, 5.74) is 19.5. The number of ether oxygens (including phenoxy) is 16. The summed E-state index contributed by atoms with van der Waals surface area (Å²) < 4.78 is 100. The Morgan fingerprint density at radius 2 is 0.782 bits per heavy atom. The average molecular weight is 1260 g/mol. The van der Waals surface area contributed by atoms with Crippen LogP contribution in [0.15, 0.2) is 10.2 Å². The van der Waals surface area contributed by atoms with Crippen LogP contribution in [0.3, 0.4) is 0 Å². The van der Waals surface area contributed by atoms with Crippen molar-refractivity contribution in [1.82, 2.24) is 0 Å². The summed E-state index contributed by atoms with van der Waals surface area (Å²) in [6, 6.07) is -2.47. The normalized spacial score (nSPS) is 38.1. The molecule has 10 unspecified atom stereocenters. The van der Waals surface area contributed by atoms with Gasteiger partial charge in [-0.15, -0.1) is 0 Å². The maximum atomic E-state index is 13.6. The molecule has 5 rings (SSSR count). The van der Waals surface area contributed by atoms with Gasteiger partial charge >= 0.3 is 11.9 Å². The van der Waals surface area contributed by atoms with E-state index < -0.39 is 185 Å². The first-order chi connectivity index (χ1) is 42.1. The molecule has 0 radical (unpaired) electrons. The van der Waals surface area contributed by atoms with Crippen LogP contribution in [0.25, 0.3) is 20.9 Å². The molecule has 87 heavy (non-hydrogen) atoms. The second-order valence-corrected chi connectivity index (χ2v) is 22.2. The van der Waals surface area contributed by atoms with E-state index in [1.807, 2.05) is 41.5 Å². The number of aliphatic carboxylic acids is 2. The molecule has 5 aliphatic rings. The first kappa shape index (κ1) is 74.4. The van der Waals surface area contributed by atoms with Crippen molar-refractivity contribution in [1.29, 1.82) is 0 Å². The quantitative estimate of drug-likeness (QED) is 0.0199. The summed E-state index contributed by atoms with van der Waals surface area (Å²) in [7, 11) is 1.31. The van der Waals surface area contributed by atoms with E-state index in [1.54, 1.807) is 0 Å². The maximum Gasteiger partial charge on any atom is 0.335 e. The van der Waals surface area contributed by atoms with E-state index in [0.29, 0.717) is 57.8 Å². The van der Waals surface area contributed by atoms with Gasteiger partial charge in [-0.05, 0) is 49.6 Å². The minimum absolute atomic E-state index is 0.0118. The summed E-state index contributed by atoms with van der Waals surface area (Å²) in [5.74, 6) is -4.32. The van der Waals surface area contributed by atoms with Crippen molar-refractivity contribution < 1.29 is 121 Å². The van der Waals surface area contributed by atoms with Gasteiger partial charge < -0.3 is 112 Å². The van der Waals surface area contributed by atoms with Crippen molar-refractivity contribution in [3.05, 3.63) is 20.9 Å². The van der Waals surface area contributed by atoms with E-state index in [1.165, 1.54) is 14.0 Å². The molecular formula is C56H98N6O25. The lowest BCUT2D eigenvalue weighted by Crippen LogP contribution is -2.68. The summed E-state index contributed by atoms with van der Waals surface area (Å²) in [6.07, 6.45) is -25.1. The third-order valence-electron chi connectivity index (χ3n) is 15.9. The van der Waals surface area contributed by atoms with E-state index >= 15 is 0 Å². The van der Waals surface area contributed by atoms with Crippen LogP contribution in [0, 0.1) is 5.92 Å². The molecular weight excluding hydrogens is 1160 g/mol. The van der Waals surface area contributed by atoms with Gasteiger partial charge in [-0.2, -0.15) is 0 Å². The highest BCUT2D eigenvalue weighted by Gasteiger charge is 2.60. The fourth-order valence-electron chi connectivity index (χ4n) is 10.9. The lowest BCUT2D eigenvalue weighted by atomic mass is 9.91. The molecule has 31 heteroatoms. The summed E-state index contributed by atoms with van der Waals surface area (Å²) in [4.78, 5) is 32.9. The zero-order valence-corrected chi connectivity index (χ0v) is 51.4. The fourth-order valence-corrected chi connectivity index (χ4v) is 10.9. The van der Waals surface area contributed by atoms with Gasteiger partial charge in [0, 0.05) is 62.5 Å². The molecule has 31 nitrogen and oxygen atoms in total. The van der Waals surface area contributed by atoms with Gasteiger partial charge in [0.1, 0.15) is 85.3 Å². The molecule has 0 spiro atoms. The molecule has 0 bridgehead atoms. The average Bonchev–Trinajstić information content (AvgIpc) is 2.47. The Morgan fingerprint density at radius 3 is 1.25 bits per heavy atom. The topological polar surface area (TPSA) is 421 Å². The lowest BCUT2D eigenvalue weighted by molar-refractivity contribution is -0.385. The highest BCUT2D eigenvalue weighted by Crippen LogP contribution is 2.40. The van der Waals surface area contributed by atoms with E-state index in [0.717, 1.165) is 19.3 Å². The number of nitrogens with zero attached hydrogens (tertiary/aromatic N) is 6. The Hall–Kier alpha value is -3.28. The van der Waals surface area contributed by atoms with Gasteiger partial charge in [-0.3, -0.25) is 0 Å². The molecule has 502 valence electrons. The van der Waals surface area contributed by atoms with Crippen LogP contribution in [0.1, 0.15) is 126 Å². The highest BCUT2D eigenvalue weighted by atomic mass is 16.8. The Labute approximate surface area is 508 Å². The van der Waals surface area contributed by atoms with E-state index in [2.05, 4.69) is 20.1 Å². The monoisotopic (exact) mass is 1250 g/mol. The SMILES string of the molecule is CCCCOC1[C@@H](O[C@@H]2OC(CO)[C@@H](O[C@@H]3OC(C(=O)O)[C@@H](O[C@H]4OC(CO)[C@@H](OCCCC)[C@H](OCCCC)C4N=[N+]=[N-])C(OCCCC)[C@@H]3OCCCC)[C@H](O)C2C)C(C(=O)O)O[C@@H](O[C@@H]2C(CO)O[C@H](OC)C(N=[N+]=[N-])[C@H]2OCCCC)[C@H]1O. The molecule has 5 aliphatic heterocycles. The van der Waals surface area contributed by atoms with Gasteiger partial charge in [-0.1, -0.05) is 97.2 Å². The zero-order chi connectivity index (χ0) is 63.6. The van der Waals surface area contributed by atoms with Crippen molar-refractivity contribution >= 4 is 11.9 Å². The number of azide groups is 2. The van der Waals surface area contributed by atoms with Crippen LogP contribution in [0.4, 0.5) is 0 Å². The maximum absolute atomic E-state index is 13.6. The largest absolute Gasteiger partial charge is 0.479 e. The first-order valence-electron chi connectivity index (χ1n) is 31.0. The molecule has 25 atom stereocenters. The summed E-state index contributed by atoms with van der Waals surface area (Å²) in [5, 5.41) is 86.5. The molecule has 0 aromatic carbocycles.